The third kappa shape index (κ3) is 1.55. The van der Waals surface area contributed by atoms with Crippen molar-refractivity contribution in [2.75, 3.05) is 0 Å². The fourth-order valence-electron chi connectivity index (χ4n) is 0.727. The van der Waals surface area contributed by atoms with Gasteiger partial charge in [-0.05, 0) is 18.6 Å². The van der Waals surface area contributed by atoms with Crippen LogP contribution in [-0.4, -0.2) is 6.17 Å². The largest absolute Gasteiger partial charge is 0.242 e. The van der Waals surface area contributed by atoms with Crippen molar-refractivity contribution in [1.29, 1.82) is 0 Å². The number of alkyl halides is 1. The van der Waals surface area contributed by atoms with Crippen molar-refractivity contribution >= 4 is 11.6 Å². The molecule has 50 valence electrons. The van der Waals surface area contributed by atoms with Crippen molar-refractivity contribution in [3.8, 4) is 0 Å². The van der Waals surface area contributed by atoms with Gasteiger partial charge in [0.05, 0.1) is 0 Å². The fraction of sp³-hybridized carbons (Fsp3) is 0.429. The molecule has 1 unspecified atom stereocenters. The second-order valence-electron chi connectivity index (χ2n) is 2.20. The molecule has 2 heteroatoms. The zero-order valence-corrected chi connectivity index (χ0v) is 5.95. The molecule has 0 aliphatic heterocycles. The Bertz CT molecular complexity index is 170. The second kappa shape index (κ2) is 2.53. The summed E-state index contributed by atoms with van der Waals surface area (Å²) >= 11 is 5.55. The Hall–Kier alpha value is -0.300. The highest BCUT2D eigenvalue weighted by molar-refractivity contribution is 6.29. The third-order valence-corrected chi connectivity index (χ3v) is 1.68. The quantitative estimate of drug-likeness (QED) is 0.493. The van der Waals surface area contributed by atoms with Gasteiger partial charge in [0.25, 0.3) is 0 Å². The van der Waals surface area contributed by atoms with Crippen LogP contribution in [0.1, 0.15) is 13.3 Å². The molecule has 0 radical (unpaired) electrons. The van der Waals surface area contributed by atoms with E-state index in [1.54, 1.807) is 19.1 Å². The van der Waals surface area contributed by atoms with Gasteiger partial charge in [-0.2, -0.15) is 0 Å². The molecule has 0 saturated carbocycles. The summed E-state index contributed by atoms with van der Waals surface area (Å²) in [6, 6.07) is 0. The first kappa shape index (κ1) is 6.81. The molecule has 1 aliphatic carbocycles. The van der Waals surface area contributed by atoms with Crippen molar-refractivity contribution < 1.29 is 4.39 Å². The summed E-state index contributed by atoms with van der Waals surface area (Å²) in [5, 5.41) is 0.605. The molecule has 0 N–H and O–H groups in total. The van der Waals surface area contributed by atoms with Crippen LogP contribution in [0.15, 0.2) is 22.8 Å². The summed E-state index contributed by atoms with van der Waals surface area (Å²) in [5.41, 5.74) is 0.763. The minimum atomic E-state index is -0.859. The van der Waals surface area contributed by atoms with Crippen LogP contribution in [0.2, 0.25) is 0 Å². The lowest BCUT2D eigenvalue weighted by molar-refractivity contribution is 0.380. The molecule has 0 heterocycles. The highest BCUT2D eigenvalue weighted by Crippen LogP contribution is 2.23. The molecule has 9 heavy (non-hydrogen) atoms. The van der Waals surface area contributed by atoms with Gasteiger partial charge in [0, 0.05) is 11.5 Å². The van der Waals surface area contributed by atoms with Gasteiger partial charge in [-0.15, -0.1) is 0 Å². The Morgan fingerprint density at radius 3 is 2.78 bits per heavy atom. The fourth-order valence-corrected chi connectivity index (χ4v) is 0.925. The zero-order valence-electron chi connectivity index (χ0n) is 5.20. The van der Waals surface area contributed by atoms with Crippen LogP contribution in [0.5, 0.6) is 0 Å². The second-order valence-corrected chi connectivity index (χ2v) is 2.68. The average molecular weight is 147 g/mol. The predicted molar refractivity (Wildman–Crippen MR) is 37.2 cm³/mol. The van der Waals surface area contributed by atoms with E-state index in [0.29, 0.717) is 11.5 Å². The molecule has 0 aromatic heterocycles. The van der Waals surface area contributed by atoms with Crippen molar-refractivity contribution in [2.24, 2.45) is 0 Å². The molecule has 0 aromatic rings. The lowest BCUT2D eigenvalue weighted by atomic mass is 10.1. The third-order valence-electron chi connectivity index (χ3n) is 1.40. The molecular weight excluding hydrogens is 139 g/mol. The average Bonchev–Trinajstić information content (AvgIpc) is 1.80. The van der Waals surface area contributed by atoms with E-state index in [4.69, 9.17) is 11.6 Å². The zero-order chi connectivity index (χ0) is 6.85. The molecule has 0 aromatic carbocycles. The van der Waals surface area contributed by atoms with Gasteiger partial charge in [-0.25, -0.2) is 4.39 Å². The maximum atomic E-state index is 12.6. The highest BCUT2D eigenvalue weighted by atomic mass is 35.5. The number of halogens is 2. The number of hydrogen-bond acceptors (Lipinski definition) is 0. The molecule has 0 saturated heterocycles. The van der Waals surface area contributed by atoms with E-state index in [-0.39, 0.29) is 0 Å². The Balaban J connectivity index is 2.74. The minimum Gasteiger partial charge on any atom is -0.242 e. The van der Waals surface area contributed by atoms with Crippen LogP contribution in [-0.2, 0) is 0 Å². The maximum absolute atomic E-state index is 12.6. The van der Waals surface area contributed by atoms with Crippen LogP contribution >= 0.6 is 11.6 Å². The van der Waals surface area contributed by atoms with Crippen LogP contribution in [0.3, 0.4) is 0 Å². The molecule has 1 rings (SSSR count). The van der Waals surface area contributed by atoms with E-state index in [9.17, 15) is 4.39 Å². The van der Waals surface area contributed by atoms with Gasteiger partial charge in [0.1, 0.15) is 6.17 Å². The number of rotatable bonds is 0. The minimum absolute atomic E-state index is 0.351. The van der Waals surface area contributed by atoms with Gasteiger partial charge < -0.3 is 0 Å². The maximum Gasteiger partial charge on any atom is 0.126 e. The van der Waals surface area contributed by atoms with Crippen molar-refractivity contribution in [2.45, 2.75) is 19.5 Å². The van der Waals surface area contributed by atoms with Gasteiger partial charge in [-0.1, -0.05) is 17.7 Å². The van der Waals surface area contributed by atoms with Gasteiger partial charge in [0.2, 0.25) is 0 Å². The lowest BCUT2D eigenvalue weighted by Crippen LogP contribution is -2.04. The van der Waals surface area contributed by atoms with Gasteiger partial charge in [0.15, 0.2) is 0 Å². The summed E-state index contributed by atoms with van der Waals surface area (Å²) in [5.74, 6) is 0. The smallest absolute Gasteiger partial charge is 0.126 e. The molecule has 1 atom stereocenters. The molecule has 0 spiro atoms. The van der Waals surface area contributed by atoms with Crippen LogP contribution in [0, 0.1) is 0 Å². The SMILES string of the molecule is CC1=CC=C(Cl)CC1F. The summed E-state index contributed by atoms with van der Waals surface area (Å²) in [7, 11) is 0. The number of allylic oxidation sites excluding steroid dienone is 4. The van der Waals surface area contributed by atoms with E-state index in [0.717, 1.165) is 5.57 Å². The Labute approximate surface area is 59.0 Å². The van der Waals surface area contributed by atoms with Crippen LogP contribution in [0.25, 0.3) is 0 Å². The Kier molecular flexibility index (Phi) is 1.91. The van der Waals surface area contributed by atoms with Crippen LogP contribution in [0.4, 0.5) is 4.39 Å². The van der Waals surface area contributed by atoms with Crippen molar-refractivity contribution in [1.82, 2.24) is 0 Å². The lowest BCUT2D eigenvalue weighted by Gasteiger charge is -2.10. The molecule has 1 aliphatic rings. The predicted octanol–water partition coefficient (Wildman–Crippen LogP) is 2.80. The molecular formula is C7H8ClF. The summed E-state index contributed by atoms with van der Waals surface area (Å²) < 4.78 is 12.6. The van der Waals surface area contributed by atoms with Gasteiger partial charge in [-0.3, -0.25) is 0 Å². The molecule has 0 amide bonds. The first-order valence-corrected chi connectivity index (χ1v) is 3.25. The highest BCUT2D eigenvalue weighted by Gasteiger charge is 2.12. The van der Waals surface area contributed by atoms with Crippen molar-refractivity contribution in [3.63, 3.8) is 0 Å². The first-order valence-electron chi connectivity index (χ1n) is 2.87. The standard InChI is InChI=1S/C7H8ClF/c1-5-2-3-6(8)4-7(5)9/h2-3,7H,4H2,1H3. The Morgan fingerprint density at radius 2 is 2.33 bits per heavy atom. The summed E-state index contributed by atoms with van der Waals surface area (Å²) in [6.45, 7) is 1.77. The van der Waals surface area contributed by atoms with Crippen LogP contribution < -0.4 is 0 Å². The summed E-state index contributed by atoms with van der Waals surface area (Å²) in [4.78, 5) is 0. The van der Waals surface area contributed by atoms with E-state index in [1.807, 2.05) is 0 Å². The Morgan fingerprint density at radius 1 is 1.67 bits per heavy atom. The van der Waals surface area contributed by atoms with E-state index in [2.05, 4.69) is 0 Å². The normalized spacial score (nSPS) is 27.2. The first-order chi connectivity index (χ1) is 4.20. The molecule has 0 nitrogen and oxygen atoms in total. The van der Waals surface area contributed by atoms with E-state index in [1.165, 1.54) is 0 Å². The van der Waals surface area contributed by atoms with E-state index < -0.39 is 6.17 Å². The monoisotopic (exact) mass is 146 g/mol. The van der Waals surface area contributed by atoms with Gasteiger partial charge >= 0.3 is 0 Å². The molecule has 0 bridgehead atoms. The van der Waals surface area contributed by atoms with Crippen molar-refractivity contribution in [3.05, 3.63) is 22.8 Å². The molecule has 0 fully saturated rings. The summed E-state index contributed by atoms with van der Waals surface area (Å²) in [6.07, 6.45) is 2.95. The topological polar surface area (TPSA) is 0 Å². The number of hydrogen-bond donors (Lipinski definition) is 0. The van der Waals surface area contributed by atoms with E-state index >= 15 is 0 Å².